The molecule has 0 fully saturated rings. The molecule has 25 heavy (non-hydrogen) atoms. The average molecular weight is 382 g/mol. The number of halogens is 3. The third-order valence-corrected chi connectivity index (χ3v) is 3.93. The number of rotatable bonds is 6. The van der Waals surface area contributed by atoms with Gasteiger partial charge in [0, 0.05) is 12.1 Å². The van der Waals surface area contributed by atoms with Crippen LogP contribution in [0.25, 0.3) is 11.3 Å². The van der Waals surface area contributed by atoms with Crippen LogP contribution >= 0.6 is 24.0 Å². The number of methoxy groups -OCH3 is 1. The Hall–Kier alpha value is -2.01. The molecule has 0 radical (unpaired) electrons. The van der Waals surface area contributed by atoms with Crippen LogP contribution in [0.5, 0.6) is 5.75 Å². The lowest BCUT2D eigenvalue weighted by Crippen LogP contribution is -2.11. The molecule has 0 unspecified atom stereocenters. The minimum atomic E-state index is -0.229. The normalized spacial score (nSPS) is 10.4. The lowest BCUT2D eigenvalue weighted by molar-refractivity contribution is 0.415. The van der Waals surface area contributed by atoms with Gasteiger partial charge in [0.1, 0.15) is 23.1 Å². The topological polar surface area (TPSA) is 34.4 Å². The summed E-state index contributed by atoms with van der Waals surface area (Å²) in [6.45, 7) is 1.23. The molecule has 6 heteroatoms. The van der Waals surface area contributed by atoms with E-state index >= 15 is 0 Å². The maximum atomic E-state index is 12.9. The molecule has 0 spiro atoms. The number of hydrogen-bond donors (Lipinski definition) is 1. The van der Waals surface area contributed by atoms with Gasteiger partial charge in [-0.15, -0.1) is 12.4 Å². The van der Waals surface area contributed by atoms with E-state index in [1.807, 2.05) is 30.3 Å². The molecule has 0 bridgehead atoms. The maximum absolute atomic E-state index is 12.9. The van der Waals surface area contributed by atoms with E-state index in [0.717, 1.165) is 22.6 Å². The second-order valence-electron chi connectivity index (χ2n) is 5.35. The molecule has 2 aromatic carbocycles. The van der Waals surface area contributed by atoms with Crippen LogP contribution < -0.4 is 10.1 Å². The van der Waals surface area contributed by atoms with Crippen LogP contribution in [0.4, 0.5) is 4.39 Å². The number of benzene rings is 2. The molecule has 1 heterocycles. The van der Waals surface area contributed by atoms with Crippen molar-refractivity contribution in [2.45, 2.75) is 13.1 Å². The van der Waals surface area contributed by atoms with Crippen molar-refractivity contribution in [2.75, 3.05) is 7.11 Å². The SMILES string of the molecule is COc1ccc(-c2ccc(CNCc3ccc(F)cc3)o2)cc1Cl.Cl. The highest BCUT2D eigenvalue weighted by atomic mass is 35.5. The van der Waals surface area contributed by atoms with Crippen LogP contribution in [0.3, 0.4) is 0 Å². The summed E-state index contributed by atoms with van der Waals surface area (Å²) < 4.78 is 23.8. The first kappa shape index (κ1) is 19.3. The molecular formula is C19H18Cl2FNO2. The van der Waals surface area contributed by atoms with Gasteiger partial charge < -0.3 is 14.5 Å². The quantitative estimate of drug-likeness (QED) is 0.615. The minimum absolute atomic E-state index is 0. The van der Waals surface area contributed by atoms with Crippen LogP contribution in [0.1, 0.15) is 11.3 Å². The second kappa shape index (κ2) is 8.90. The summed E-state index contributed by atoms with van der Waals surface area (Å²) in [6.07, 6.45) is 0. The van der Waals surface area contributed by atoms with Crippen LogP contribution in [0.2, 0.25) is 5.02 Å². The molecule has 3 aromatic rings. The van der Waals surface area contributed by atoms with E-state index in [0.29, 0.717) is 23.9 Å². The van der Waals surface area contributed by atoms with Crippen molar-refractivity contribution >= 4 is 24.0 Å². The number of furan rings is 1. The average Bonchev–Trinajstić information content (AvgIpc) is 3.05. The zero-order chi connectivity index (χ0) is 16.9. The lowest BCUT2D eigenvalue weighted by Gasteiger charge is -2.05. The summed E-state index contributed by atoms with van der Waals surface area (Å²) in [7, 11) is 1.58. The Morgan fingerprint density at radius 3 is 2.48 bits per heavy atom. The largest absolute Gasteiger partial charge is 0.495 e. The van der Waals surface area contributed by atoms with Crippen LogP contribution in [0.15, 0.2) is 59.0 Å². The molecule has 132 valence electrons. The van der Waals surface area contributed by atoms with Gasteiger partial charge in [-0.3, -0.25) is 0 Å². The first-order valence-electron chi connectivity index (χ1n) is 7.53. The third kappa shape index (κ3) is 4.98. The molecule has 0 aliphatic heterocycles. The highest BCUT2D eigenvalue weighted by Gasteiger charge is 2.08. The fraction of sp³-hybridized carbons (Fsp3) is 0.158. The van der Waals surface area contributed by atoms with E-state index in [4.69, 9.17) is 20.8 Å². The van der Waals surface area contributed by atoms with Gasteiger partial charge in [-0.1, -0.05) is 23.7 Å². The highest BCUT2D eigenvalue weighted by Crippen LogP contribution is 2.31. The minimum Gasteiger partial charge on any atom is -0.495 e. The number of ether oxygens (including phenoxy) is 1. The lowest BCUT2D eigenvalue weighted by atomic mass is 10.2. The van der Waals surface area contributed by atoms with E-state index in [2.05, 4.69) is 5.32 Å². The Morgan fingerprint density at radius 1 is 1.04 bits per heavy atom. The number of hydrogen-bond acceptors (Lipinski definition) is 3. The molecule has 3 rings (SSSR count). The van der Waals surface area contributed by atoms with Crippen molar-refractivity contribution in [3.05, 3.63) is 76.8 Å². The molecular weight excluding hydrogens is 364 g/mol. The summed E-state index contributed by atoms with van der Waals surface area (Å²) in [5.74, 6) is 1.97. The zero-order valence-corrected chi connectivity index (χ0v) is 15.2. The predicted octanol–water partition coefficient (Wildman–Crippen LogP) is 5.46. The first-order chi connectivity index (χ1) is 11.7. The maximum Gasteiger partial charge on any atom is 0.137 e. The van der Waals surface area contributed by atoms with E-state index < -0.39 is 0 Å². The van der Waals surface area contributed by atoms with Crippen LogP contribution in [-0.4, -0.2) is 7.11 Å². The van der Waals surface area contributed by atoms with Crippen molar-refractivity contribution in [3.8, 4) is 17.1 Å². The Bertz CT molecular complexity index is 819. The van der Waals surface area contributed by atoms with Crippen molar-refractivity contribution < 1.29 is 13.5 Å². The summed E-state index contributed by atoms with van der Waals surface area (Å²) >= 11 is 6.14. The van der Waals surface area contributed by atoms with Crippen LogP contribution in [0, 0.1) is 5.82 Å². The van der Waals surface area contributed by atoms with E-state index in [1.54, 1.807) is 19.2 Å². The zero-order valence-electron chi connectivity index (χ0n) is 13.6. The molecule has 0 saturated carbocycles. The number of nitrogens with one attached hydrogen (secondary N) is 1. The van der Waals surface area contributed by atoms with Crippen molar-refractivity contribution in [2.24, 2.45) is 0 Å². The second-order valence-corrected chi connectivity index (χ2v) is 5.75. The van der Waals surface area contributed by atoms with Gasteiger partial charge in [0.25, 0.3) is 0 Å². The molecule has 3 nitrogen and oxygen atoms in total. The Balaban J connectivity index is 0.00000225. The van der Waals surface area contributed by atoms with Gasteiger partial charge in [0.15, 0.2) is 0 Å². The first-order valence-corrected chi connectivity index (χ1v) is 7.91. The van der Waals surface area contributed by atoms with Gasteiger partial charge in [-0.25, -0.2) is 4.39 Å². The van der Waals surface area contributed by atoms with Gasteiger partial charge in [-0.2, -0.15) is 0 Å². The van der Waals surface area contributed by atoms with Crippen LogP contribution in [-0.2, 0) is 13.1 Å². The van der Waals surface area contributed by atoms with Gasteiger partial charge in [-0.05, 0) is 48.0 Å². The fourth-order valence-corrected chi connectivity index (χ4v) is 2.64. The van der Waals surface area contributed by atoms with Gasteiger partial charge in [0.2, 0.25) is 0 Å². The van der Waals surface area contributed by atoms with E-state index in [1.165, 1.54) is 12.1 Å². The summed E-state index contributed by atoms with van der Waals surface area (Å²) in [4.78, 5) is 0. The molecule has 1 aromatic heterocycles. The molecule has 0 atom stereocenters. The molecule has 0 amide bonds. The van der Waals surface area contributed by atoms with Crippen molar-refractivity contribution in [1.29, 1.82) is 0 Å². The van der Waals surface area contributed by atoms with Crippen molar-refractivity contribution in [1.82, 2.24) is 5.32 Å². The summed E-state index contributed by atoms with van der Waals surface area (Å²) in [6, 6.07) is 15.8. The smallest absolute Gasteiger partial charge is 0.137 e. The molecule has 0 saturated heterocycles. The highest BCUT2D eigenvalue weighted by molar-refractivity contribution is 6.32. The van der Waals surface area contributed by atoms with E-state index in [9.17, 15) is 4.39 Å². The third-order valence-electron chi connectivity index (χ3n) is 3.64. The Kier molecular flexibility index (Phi) is 6.88. The van der Waals surface area contributed by atoms with Gasteiger partial charge >= 0.3 is 0 Å². The standard InChI is InChI=1S/C19H17ClFNO2.ClH/c1-23-19-8-4-14(10-17(19)20)18-9-7-16(24-18)12-22-11-13-2-5-15(21)6-3-13;/h2-10,22H,11-12H2,1H3;1H. The summed E-state index contributed by atoms with van der Waals surface area (Å²) in [5.41, 5.74) is 1.91. The molecule has 0 aliphatic carbocycles. The van der Waals surface area contributed by atoms with Crippen molar-refractivity contribution in [3.63, 3.8) is 0 Å². The fourth-order valence-electron chi connectivity index (χ4n) is 2.38. The monoisotopic (exact) mass is 381 g/mol. The predicted molar refractivity (Wildman–Crippen MR) is 99.9 cm³/mol. The van der Waals surface area contributed by atoms with Gasteiger partial charge in [0.05, 0.1) is 18.7 Å². The van der Waals surface area contributed by atoms with E-state index in [-0.39, 0.29) is 18.2 Å². The summed E-state index contributed by atoms with van der Waals surface area (Å²) in [5, 5.41) is 3.81. The Labute approximate surface area is 157 Å². The Morgan fingerprint density at radius 2 is 1.80 bits per heavy atom. The molecule has 1 N–H and O–H groups in total. The molecule has 0 aliphatic rings.